The molecule has 4 aromatic rings. The third kappa shape index (κ3) is 4.39. The van der Waals surface area contributed by atoms with Crippen molar-refractivity contribution in [2.75, 3.05) is 10.2 Å². The molecule has 2 aromatic heterocycles. The van der Waals surface area contributed by atoms with Crippen molar-refractivity contribution in [3.63, 3.8) is 0 Å². The molecular weight excluding hydrogens is 404 g/mol. The first-order valence-corrected chi connectivity index (χ1v) is 10.5. The predicted octanol–water partition coefficient (Wildman–Crippen LogP) is 5.09. The van der Waals surface area contributed by atoms with Gasteiger partial charge in [0.2, 0.25) is 11.8 Å². The first-order valence-electron chi connectivity index (χ1n) is 8.76. The van der Waals surface area contributed by atoms with Gasteiger partial charge in [0.25, 0.3) is 0 Å². The van der Waals surface area contributed by atoms with Gasteiger partial charge in [0, 0.05) is 18.4 Å². The standard InChI is InChI=1S/C21H16N4O2S2/c1-14(26)25(16-7-3-2-4-8-16)21-22-15(13-28-21)11-12-19(27)24-20-23-17-9-5-6-10-18(17)29-20/h2-13H,1H3,(H,23,24,27). The molecule has 29 heavy (non-hydrogen) atoms. The van der Waals surface area contributed by atoms with Crippen LogP contribution in [0.15, 0.2) is 66.1 Å². The van der Waals surface area contributed by atoms with Gasteiger partial charge < -0.3 is 0 Å². The van der Waals surface area contributed by atoms with Gasteiger partial charge in [-0.1, -0.05) is 41.7 Å². The molecule has 0 radical (unpaired) electrons. The van der Waals surface area contributed by atoms with Crippen LogP contribution in [0.3, 0.4) is 0 Å². The van der Waals surface area contributed by atoms with Gasteiger partial charge in [-0.15, -0.1) is 11.3 Å². The lowest BCUT2D eigenvalue weighted by Crippen LogP contribution is -2.22. The molecule has 0 aliphatic rings. The predicted molar refractivity (Wildman–Crippen MR) is 119 cm³/mol. The van der Waals surface area contributed by atoms with Crippen LogP contribution in [-0.2, 0) is 9.59 Å². The highest BCUT2D eigenvalue weighted by atomic mass is 32.1. The molecule has 0 aliphatic carbocycles. The number of anilines is 3. The number of carbonyl (C=O) groups is 2. The van der Waals surface area contributed by atoms with Gasteiger partial charge in [0.05, 0.1) is 21.6 Å². The average Bonchev–Trinajstić information content (AvgIpc) is 3.33. The fourth-order valence-electron chi connectivity index (χ4n) is 2.69. The number of hydrogen-bond acceptors (Lipinski definition) is 6. The largest absolute Gasteiger partial charge is 0.298 e. The van der Waals surface area contributed by atoms with E-state index in [2.05, 4.69) is 15.3 Å². The molecule has 0 unspecified atom stereocenters. The molecule has 1 N–H and O–H groups in total. The summed E-state index contributed by atoms with van der Waals surface area (Å²) in [6.07, 6.45) is 3.03. The minimum atomic E-state index is -0.287. The maximum atomic E-state index is 12.2. The lowest BCUT2D eigenvalue weighted by Gasteiger charge is -2.17. The average molecular weight is 421 g/mol. The monoisotopic (exact) mass is 420 g/mol. The summed E-state index contributed by atoms with van der Waals surface area (Å²) in [6, 6.07) is 17.0. The van der Waals surface area contributed by atoms with E-state index in [0.717, 1.165) is 15.9 Å². The van der Waals surface area contributed by atoms with Gasteiger partial charge in [0.15, 0.2) is 10.3 Å². The molecule has 144 valence electrons. The number of carbonyl (C=O) groups excluding carboxylic acids is 2. The highest BCUT2D eigenvalue weighted by Crippen LogP contribution is 2.29. The minimum absolute atomic E-state index is 0.130. The van der Waals surface area contributed by atoms with Crippen LogP contribution in [-0.4, -0.2) is 21.8 Å². The van der Waals surface area contributed by atoms with E-state index in [4.69, 9.17) is 0 Å². The molecule has 6 nitrogen and oxygen atoms in total. The lowest BCUT2D eigenvalue weighted by atomic mass is 10.3. The van der Waals surface area contributed by atoms with Crippen molar-refractivity contribution >= 4 is 66.7 Å². The Kier molecular flexibility index (Phi) is 5.46. The Morgan fingerprint density at radius 1 is 1.03 bits per heavy atom. The van der Waals surface area contributed by atoms with Gasteiger partial charge in [0.1, 0.15) is 0 Å². The summed E-state index contributed by atoms with van der Waals surface area (Å²) in [5, 5.41) is 5.67. The second-order valence-electron chi connectivity index (χ2n) is 6.05. The molecule has 0 saturated heterocycles. The zero-order chi connectivity index (χ0) is 20.2. The van der Waals surface area contributed by atoms with Crippen LogP contribution >= 0.6 is 22.7 Å². The van der Waals surface area contributed by atoms with Gasteiger partial charge in [-0.25, -0.2) is 9.97 Å². The van der Waals surface area contributed by atoms with Crippen molar-refractivity contribution in [2.45, 2.75) is 6.92 Å². The zero-order valence-corrected chi connectivity index (χ0v) is 17.0. The topological polar surface area (TPSA) is 75.2 Å². The fraction of sp³-hybridized carbons (Fsp3) is 0.0476. The molecule has 0 saturated carbocycles. The summed E-state index contributed by atoms with van der Waals surface area (Å²) in [5.74, 6) is -0.417. The maximum Gasteiger partial charge on any atom is 0.250 e. The van der Waals surface area contributed by atoms with Crippen molar-refractivity contribution in [3.05, 3.63) is 71.7 Å². The second kappa shape index (κ2) is 8.34. The van der Waals surface area contributed by atoms with E-state index in [0.29, 0.717) is 16.0 Å². The first kappa shape index (κ1) is 19.0. The molecular formula is C21H16N4O2S2. The lowest BCUT2D eigenvalue weighted by molar-refractivity contribution is -0.116. The van der Waals surface area contributed by atoms with Crippen molar-refractivity contribution in [1.29, 1.82) is 0 Å². The highest BCUT2D eigenvalue weighted by molar-refractivity contribution is 7.22. The van der Waals surface area contributed by atoms with Crippen molar-refractivity contribution in [2.24, 2.45) is 0 Å². The first-order chi connectivity index (χ1) is 14.1. The van der Waals surface area contributed by atoms with E-state index < -0.39 is 0 Å². The Morgan fingerprint density at radius 3 is 2.55 bits per heavy atom. The summed E-state index contributed by atoms with van der Waals surface area (Å²) in [4.78, 5) is 34.7. The summed E-state index contributed by atoms with van der Waals surface area (Å²) in [7, 11) is 0. The van der Waals surface area contributed by atoms with E-state index in [-0.39, 0.29) is 11.8 Å². The minimum Gasteiger partial charge on any atom is -0.298 e. The van der Waals surface area contributed by atoms with Crippen molar-refractivity contribution in [1.82, 2.24) is 9.97 Å². The third-order valence-corrected chi connectivity index (χ3v) is 5.76. The maximum absolute atomic E-state index is 12.2. The summed E-state index contributed by atoms with van der Waals surface area (Å²) < 4.78 is 1.01. The summed E-state index contributed by atoms with van der Waals surface area (Å²) >= 11 is 2.76. The number of thiazole rings is 2. The number of para-hydroxylation sites is 2. The number of nitrogens with zero attached hydrogens (tertiary/aromatic N) is 3. The van der Waals surface area contributed by atoms with Gasteiger partial charge in [-0.05, 0) is 30.3 Å². The van der Waals surface area contributed by atoms with Gasteiger partial charge in [-0.2, -0.15) is 0 Å². The van der Waals surface area contributed by atoms with Crippen LogP contribution in [0.25, 0.3) is 16.3 Å². The molecule has 2 amide bonds. The molecule has 8 heteroatoms. The Hall–Kier alpha value is -3.36. The Balaban J connectivity index is 1.47. The molecule has 4 rings (SSSR count). The number of aromatic nitrogens is 2. The van der Waals surface area contributed by atoms with Crippen LogP contribution in [0.5, 0.6) is 0 Å². The summed E-state index contributed by atoms with van der Waals surface area (Å²) in [6.45, 7) is 1.50. The molecule has 2 heterocycles. The van der Waals surface area contributed by atoms with Crippen LogP contribution in [0.1, 0.15) is 12.6 Å². The number of rotatable bonds is 5. The van der Waals surface area contributed by atoms with E-state index in [1.807, 2.05) is 54.6 Å². The molecule has 0 spiro atoms. The third-order valence-electron chi connectivity index (χ3n) is 3.96. The van der Waals surface area contributed by atoms with Crippen molar-refractivity contribution in [3.8, 4) is 0 Å². The molecule has 0 fully saturated rings. The Bertz CT molecular complexity index is 1160. The second-order valence-corrected chi connectivity index (χ2v) is 7.92. The number of fused-ring (bicyclic) bond motifs is 1. The molecule has 0 aliphatic heterocycles. The Morgan fingerprint density at radius 2 is 1.79 bits per heavy atom. The van der Waals surface area contributed by atoms with E-state index in [1.165, 1.54) is 35.7 Å². The van der Waals surface area contributed by atoms with Gasteiger partial charge >= 0.3 is 0 Å². The van der Waals surface area contributed by atoms with Crippen LogP contribution in [0, 0.1) is 0 Å². The number of amides is 2. The number of hydrogen-bond donors (Lipinski definition) is 1. The molecule has 0 bridgehead atoms. The quantitative estimate of drug-likeness (QED) is 0.456. The van der Waals surface area contributed by atoms with Gasteiger partial charge in [-0.3, -0.25) is 19.8 Å². The highest BCUT2D eigenvalue weighted by Gasteiger charge is 2.17. The van der Waals surface area contributed by atoms with Crippen LogP contribution in [0.2, 0.25) is 0 Å². The fourth-order valence-corrected chi connectivity index (χ4v) is 4.42. The summed E-state index contributed by atoms with van der Waals surface area (Å²) in [5.41, 5.74) is 2.20. The van der Waals surface area contributed by atoms with Crippen molar-refractivity contribution < 1.29 is 9.59 Å². The molecule has 2 aromatic carbocycles. The smallest absolute Gasteiger partial charge is 0.250 e. The van der Waals surface area contributed by atoms with E-state index in [9.17, 15) is 9.59 Å². The normalized spacial score (nSPS) is 11.1. The zero-order valence-electron chi connectivity index (χ0n) is 15.4. The number of nitrogens with one attached hydrogen (secondary N) is 1. The van der Waals surface area contributed by atoms with E-state index in [1.54, 1.807) is 16.4 Å². The number of benzene rings is 2. The van der Waals surface area contributed by atoms with E-state index >= 15 is 0 Å². The van der Waals surface area contributed by atoms with Crippen LogP contribution < -0.4 is 10.2 Å². The Labute approximate surface area is 175 Å². The molecule has 0 atom stereocenters. The van der Waals surface area contributed by atoms with Crippen LogP contribution in [0.4, 0.5) is 16.0 Å². The SMILES string of the molecule is CC(=O)N(c1ccccc1)c1nc(C=CC(=O)Nc2nc3ccccc3s2)cs1.